The number of nitrogens with zero attached hydrogens (tertiary/aromatic N) is 2. The number of hydrogen-bond acceptors (Lipinski definition) is 3. The first-order valence-electron chi connectivity index (χ1n) is 7.28. The molecule has 1 unspecified atom stereocenters. The van der Waals surface area contributed by atoms with Gasteiger partial charge in [0, 0.05) is 26.6 Å². The van der Waals surface area contributed by atoms with Gasteiger partial charge in [-0.05, 0) is 57.8 Å². The van der Waals surface area contributed by atoms with Gasteiger partial charge < -0.3 is 15.1 Å². The topological polar surface area (TPSA) is 35.6 Å². The Morgan fingerprint density at radius 2 is 2.00 bits per heavy atom. The summed E-state index contributed by atoms with van der Waals surface area (Å²) in [6.07, 6.45) is 4.31. The largest absolute Gasteiger partial charge is 0.345 e. The Kier molecular flexibility index (Phi) is 5.01. The first-order chi connectivity index (χ1) is 8.65. The molecule has 4 nitrogen and oxygen atoms in total. The molecule has 0 bridgehead atoms. The zero-order valence-corrected chi connectivity index (χ0v) is 11.8. The number of piperidine rings is 1. The maximum Gasteiger partial charge on any atom is 0.222 e. The van der Waals surface area contributed by atoms with Gasteiger partial charge in [0.15, 0.2) is 0 Å². The van der Waals surface area contributed by atoms with E-state index in [1.807, 2.05) is 11.9 Å². The Morgan fingerprint density at radius 3 is 2.61 bits per heavy atom. The van der Waals surface area contributed by atoms with E-state index in [1.165, 1.54) is 13.0 Å². The Hall–Kier alpha value is -0.610. The van der Waals surface area contributed by atoms with Crippen LogP contribution in [0.2, 0.25) is 0 Å². The normalized spacial score (nSPS) is 26.4. The minimum absolute atomic E-state index is 0.344. The summed E-state index contributed by atoms with van der Waals surface area (Å²) in [6, 6.07) is 0. The number of hydrogen-bond donors (Lipinski definition) is 1. The van der Waals surface area contributed by atoms with Gasteiger partial charge >= 0.3 is 0 Å². The lowest BCUT2D eigenvalue weighted by molar-refractivity contribution is -0.131. The molecule has 0 aromatic heterocycles. The molecule has 4 heteroatoms. The molecule has 2 aliphatic rings. The van der Waals surface area contributed by atoms with Gasteiger partial charge in [0.25, 0.3) is 0 Å². The van der Waals surface area contributed by atoms with E-state index >= 15 is 0 Å². The molecule has 0 radical (unpaired) electrons. The van der Waals surface area contributed by atoms with Crippen LogP contribution in [0, 0.1) is 11.8 Å². The smallest absolute Gasteiger partial charge is 0.222 e. The molecule has 1 amide bonds. The predicted molar refractivity (Wildman–Crippen MR) is 73.5 cm³/mol. The van der Waals surface area contributed by atoms with Crippen LogP contribution in [-0.2, 0) is 4.79 Å². The summed E-state index contributed by atoms with van der Waals surface area (Å²) in [7, 11) is 4.14. The molecule has 18 heavy (non-hydrogen) atoms. The van der Waals surface area contributed by atoms with Crippen molar-refractivity contribution >= 4 is 5.91 Å². The molecule has 2 rings (SSSR count). The highest BCUT2D eigenvalue weighted by molar-refractivity contribution is 5.76. The highest BCUT2D eigenvalue weighted by Crippen LogP contribution is 2.19. The summed E-state index contributed by atoms with van der Waals surface area (Å²) in [5.41, 5.74) is 0. The van der Waals surface area contributed by atoms with Gasteiger partial charge in [-0.1, -0.05) is 0 Å². The third-order valence-electron chi connectivity index (χ3n) is 4.37. The molecule has 104 valence electrons. The maximum atomic E-state index is 12.2. The third kappa shape index (κ3) is 3.95. The van der Waals surface area contributed by atoms with Crippen LogP contribution < -0.4 is 5.32 Å². The average molecular weight is 253 g/mol. The van der Waals surface area contributed by atoms with Gasteiger partial charge in [0.05, 0.1) is 0 Å². The van der Waals surface area contributed by atoms with Crippen LogP contribution in [0.3, 0.4) is 0 Å². The zero-order chi connectivity index (χ0) is 13.0. The lowest BCUT2D eigenvalue weighted by atomic mass is 9.94. The number of carbonyl (C=O) groups excluding carboxylic acids is 1. The van der Waals surface area contributed by atoms with Crippen LogP contribution in [0.4, 0.5) is 0 Å². The van der Waals surface area contributed by atoms with Gasteiger partial charge in [-0.2, -0.15) is 0 Å². The summed E-state index contributed by atoms with van der Waals surface area (Å²) in [5, 5.41) is 3.35. The molecular weight excluding hydrogens is 226 g/mol. The molecule has 0 aromatic rings. The van der Waals surface area contributed by atoms with Crippen LogP contribution in [0.5, 0.6) is 0 Å². The van der Waals surface area contributed by atoms with E-state index in [1.54, 1.807) is 0 Å². The van der Waals surface area contributed by atoms with Crippen molar-refractivity contribution in [2.45, 2.75) is 25.7 Å². The Bertz CT molecular complexity index is 276. The van der Waals surface area contributed by atoms with Crippen molar-refractivity contribution in [3.8, 4) is 0 Å². The van der Waals surface area contributed by atoms with Crippen LogP contribution in [0.15, 0.2) is 0 Å². The second-order valence-electron chi connectivity index (χ2n) is 6.09. The second kappa shape index (κ2) is 6.53. The summed E-state index contributed by atoms with van der Waals surface area (Å²) in [5.74, 6) is 1.63. The fourth-order valence-electron chi connectivity index (χ4n) is 3.15. The molecule has 0 saturated carbocycles. The highest BCUT2D eigenvalue weighted by atomic mass is 16.2. The van der Waals surface area contributed by atoms with E-state index in [0.29, 0.717) is 17.7 Å². The molecule has 0 aliphatic carbocycles. The molecule has 1 atom stereocenters. The molecule has 2 aliphatic heterocycles. The van der Waals surface area contributed by atoms with Crippen molar-refractivity contribution in [3.63, 3.8) is 0 Å². The molecule has 2 saturated heterocycles. The molecule has 0 aromatic carbocycles. The van der Waals surface area contributed by atoms with E-state index in [9.17, 15) is 4.79 Å². The number of rotatable bonds is 4. The summed E-state index contributed by atoms with van der Waals surface area (Å²) < 4.78 is 0. The monoisotopic (exact) mass is 253 g/mol. The number of amides is 1. The summed E-state index contributed by atoms with van der Waals surface area (Å²) >= 11 is 0. The first-order valence-corrected chi connectivity index (χ1v) is 7.28. The lowest BCUT2D eigenvalue weighted by Crippen LogP contribution is -2.36. The van der Waals surface area contributed by atoms with Gasteiger partial charge in [0.1, 0.15) is 0 Å². The van der Waals surface area contributed by atoms with Gasteiger partial charge in [-0.3, -0.25) is 4.79 Å². The van der Waals surface area contributed by atoms with E-state index in [4.69, 9.17) is 0 Å². The van der Waals surface area contributed by atoms with Crippen LogP contribution in [0.25, 0.3) is 0 Å². The quantitative estimate of drug-likeness (QED) is 0.804. The Labute approximate surface area is 111 Å². The number of nitrogens with one attached hydrogen (secondary N) is 1. The van der Waals surface area contributed by atoms with Gasteiger partial charge in [-0.15, -0.1) is 0 Å². The minimum Gasteiger partial charge on any atom is -0.345 e. The maximum absolute atomic E-state index is 12.2. The molecule has 0 spiro atoms. The molecular formula is C14H27N3O. The third-order valence-corrected chi connectivity index (χ3v) is 4.37. The fraction of sp³-hybridized carbons (Fsp3) is 0.929. The number of carbonyl (C=O) groups is 1. The molecule has 1 N–H and O–H groups in total. The van der Waals surface area contributed by atoms with Gasteiger partial charge in [-0.25, -0.2) is 0 Å². The van der Waals surface area contributed by atoms with Crippen LogP contribution in [0.1, 0.15) is 25.7 Å². The van der Waals surface area contributed by atoms with Crippen molar-refractivity contribution < 1.29 is 4.79 Å². The van der Waals surface area contributed by atoms with Crippen molar-refractivity contribution in [1.82, 2.24) is 15.1 Å². The zero-order valence-electron chi connectivity index (χ0n) is 11.8. The van der Waals surface area contributed by atoms with Crippen molar-refractivity contribution in [1.29, 1.82) is 0 Å². The van der Waals surface area contributed by atoms with E-state index in [-0.39, 0.29) is 0 Å². The van der Waals surface area contributed by atoms with Crippen molar-refractivity contribution in [2.75, 3.05) is 46.8 Å². The van der Waals surface area contributed by atoms with E-state index in [2.05, 4.69) is 17.3 Å². The standard InChI is InChI=1S/C14H27N3O/c1-16-8-5-13(10-16)11-17(2)14(18)9-12-3-6-15-7-4-12/h12-13,15H,3-11H2,1-2H3. The highest BCUT2D eigenvalue weighted by Gasteiger charge is 2.24. The minimum atomic E-state index is 0.344. The van der Waals surface area contributed by atoms with Crippen LogP contribution in [-0.4, -0.2) is 62.5 Å². The molecule has 2 heterocycles. The van der Waals surface area contributed by atoms with Crippen molar-refractivity contribution in [2.24, 2.45) is 11.8 Å². The van der Waals surface area contributed by atoms with E-state index in [0.717, 1.165) is 45.4 Å². The number of likely N-dealkylation sites (tertiary alicyclic amines) is 1. The lowest BCUT2D eigenvalue weighted by Gasteiger charge is -2.26. The summed E-state index contributed by atoms with van der Waals surface area (Å²) in [4.78, 5) is 16.5. The first kappa shape index (κ1) is 13.8. The predicted octanol–water partition coefficient (Wildman–Crippen LogP) is 0.786. The Morgan fingerprint density at radius 1 is 1.28 bits per heavy atom. The average Bonchev–Trinajstić information content (AvgIpc) is 2.76. The van der Waals surface area contributed by atoms with Crippen molar-refractivity contribution in [3.05, 3.63) is 0 Å². The SMILES string of the molecule is CN1CCC(CN(C)C(=O)CC2CCNCC2)C1. The summed E-state index contributed by atoms with van der Waals surface area (Å²) in [6.45, 7) is 5.42. The van der Waals surface area contributed by atoms with Gasteiger partial charge in [0.2, 0.25) is 5.91 Å². The fourth-order valence-corrected chi connectivity index (χ4v) is 3.15. The Balaban J connectivity index is 1.70. The van der Waals surface area contributed by atoms with E-state index < -0.39 is 0 Å². The van der Waals surface area contributed by atoms with Crippen LogP contribution >= 0.6 is 0 Å². The second-order valence-corrected chi connectivity index (χ2v) is 6.09. The molecule has 2 fully saturated rings.